The minimum absolute atomic E-state index is 0.00804. The van der Waals surface area contributed by atoms with Crippen molar-refractivity contribution in [3.05, 3.63) is 0 Å². The molecule has 2 aliphatic rings. The zero-order chi connectivity index (χ0) is 10.2. The van der Waals surface area contributed by atoms with Gasteiger partial charge in [0.1, 0.15) is 0 Å². The largest absolute Gasteiger partial charge is 0.324 e. The van der Waals surface area contributed by atoms with Crippen molar-refractivity contribution in [2.75, 3.05) is 31.1 Å². The molecule has 0 amide bonds. The van der Waals surface area contributed by atoms with Crippen LogP contribution in [0.2, 0.25) is 0 Å². The first-order valence-corrected chi connectivity index (χ1v) is 7.03. The molecular weight excluding hydrogens is 200 g/mol. The second-order valence-corrected chi connectivity index (χ2v) is 6.95. The predicted molar refractivity (Wildman–Crippen MR) is 55.9 cm³/mol. The highest BCUT2D eigenvalue weighted by Gasteiger charge is 2.39. The monoisotopic (exact) mass is 218 g/mol. The van der Waals surface area contributed by atoms with E-state index in [-0.39, 0.29) is 5.54 Å². The Morgan fingerprint density at radius 3 is 2.57 bits per heavy atom. The smallest absolute Gasteiger partial charge is 0.151 e. The minimum Gasteiger partial charge on any atom is -0.324 e. The van der Waals surface area contributed by atoms with Crippen LogP contribution in [-0.2, 0) is 9.84 Å². The Balaban J connectivity index is 1.89. The number of nitrogens with two attached hydrogens (primary N) is 1. The van der Waals surface area contributed by atoms with E-state index in [0.717, 1.165) is 32.4 Å². The fraction of sp³-hybridized carbons (Fsp3) is 1.00. The Hall–Kier alpha value is -0.130. The molecule has 0 spiro atoms. The molecule has 0 aromatic carbocycles. The van der Waals surface area contributed by atoms with E-state index in [1.807, 2.05) is 0 Å². The van der Waals surface area contributed by atoms with Crippen molar-refractivity contribution < 1.29 is 8.42 Å². The highest BCUT2D eigenvalue weighted by atomic mass is 32.2. The fourth-order valence-corrected chi connectivity index (χ4v) is 3.22. The van der Waals surface area contributed by atoms with Crippen molar-refractivity contribution in [2.45, 2.75) is 24.8 Å². The predicted octanol–water partition coefficient (Wildman–Crippen LogP) is -0.402. The number of rotatable bonds is 2. The molecule has 1 aliphatic heterocycles. The molecular formula is C9H18N2O2S. The molecule has 0 radical (unpaired) electrons. The third-order valence-corrected chi connectivity index (χ3v) is 4.79. The lowest BCUT2D eigenvalue weighted by atomic mass is 10.2. The first-order chi connectivity index (χ1) is 6.49. The first kappa shape index (κ1) is 10.4. The van der Waals surface area contributed by atoms with Gasteiger partial charge in [-0.15, -0.1) is 0 Å². The highest BCUT2D eigenvalue weighted by Crippen LogP contribution is 2.33. The van der Waals surface area contributed by atoms with E-state index in [1.165, 1.54) is 0 Å². The van der Waals surface area contributed by atoms with Crippen LogP contribution in [-0.4, -0.2) is 50.0 Å². The summed E-state index contributed by atoms with van der Waals surface area (Å²) in [5, 5.41) is 0. The van der Waals surface area contributed by atoms with Crippen molar-refractivity contribution >= 4 is 9.84 Å². The lowest BCUT2D eigenvalue weighted by Gasteiger charge is -2.22. The minimum atomic E-state index is -2.77. The van der Waals surface area contributed by atoms with Gasteiger partial charge in [-0.3, -0.25) is 0 Å². The SMILES string of the molecule is NC1(CN2CCCS(=O)(=O)CC2)CC1. The van der Waals surface area contributed by atoms with Gasteiger partial charge in [0, 0.05) is 18.6 Å². The second-order valence-electron chi connectivity index (χ2n) is 4.64. The molecule has 1 heterocycles. The van der Waals surface area contributed by atoms with E-state index in [4.69, 9.17) is 5.73 Å². The fourth-order valence-electron chi connectivity index (χ4n) is 1.91. The quantitative estimate of drug-likeness (QED) is 0.685. The molecule has 0 aromatic rings. The summed E-state index contributed by atoms with van der Waals surface area (Å²) in [6.07, 6.45) is 2.95. The first-order valence-electron chi connectivity index (χ1n) is 5.21. The van der Waals surface area contributed by atoms with E-state index in [1.54, 1.807) is 0 Å². The van der Waals surface area contributed by atoms with Crippen molar-refractivity contribution in [1.82, 2.24) is 4.90 Å². The zero-order valence-corrected chi connectivity index (χ0v) is 9.22. The van der Waals surface area contributed by atoms with Crippen LogP contribution in [0, 0.1) is 0 Å². The van der Waals surface area contributed by atoms with Crippen molar-refractivity contribution in [3.63, 3.8) is 0 Å². The van der Waals surface area contributed by atoms with Gasteiger partial charge in [0.15, 0.2) is 9.84 Å². The van der Waals surface area contributed by atoms with E-state index < -0.39 is 9.84 Å². The molecule has 82 valence electrons. The van der Waals surface area contributed by atoms with Gasteiger partial charge in [-0.2, -0.15) is 0 Å². The van der Waals surface area contributed by atoms with Crippen LogP contribution in [0.3, 0.4) is 0 Å². The summed E-state index contributed by atoms with van der Waals surface area (Å²) in [4.78, 5) is 2.21. The Labute approximate surface area is 85.4 Å². The Morgan fingerprint density at radius 1 is 1.21 bits per heavy atom. The maximum atomic E-state index is 11.3. The van der Waals surface area contributed by atoms with Crippen LogP contribution in [0.5, 0.6) is 0 Å². The van der Waals surface area contributed by atoms with Gasteiger partial charge in [-0.1, -0.05) is 0 Å². The number of sulfone groups is 1. The normalized spacial score (nSPS) is 30.9. The van der Waals surface area contributed by atoms with Crippen molar-refractivity contribution in [1.29, 1.82) is 0 Å². The highest BCUT2D eigenvalue weighted by molar-refractivity contribution is 7.91. The summed E-state index contributed by atoms with van der Waals surface area (Å²) in [6, 6.07) is 0. The van der Waals surface area contributed by atoms with Gasteiger partial charge in [0.2, 0.25) is 0 Å². The molecule has 0 bridgehead atoms. The van der Waals surface area contributed by atoms with Gasteiger partial charge in [-0.05, 0) is 25.8 Å². The van der Waals surface area contributed by atoms with Gasteiger partial charge >= 0.3 is 0 Å². The summed E-state index contributed by atoms with van der Waals surface area (Å²) < 4.78 is 22.7. The number of nitrogens with zero attached hydrogens (tertiary/aromatic N) is 1. The van der Waals surface area contributed by atoms with E-state index >= 15 is 0 Å². The molecule has 0 aromatic heterocycles. The summed E-state index contributed by atoms with van der Waals surface area (Å²) in [6.45, 7) is 2.43. The lowest BCUT2D eigenvalue weighted by molar-refractivity contribution is 0.269. The van der Waals surface area contributed by atoms with Crippen molar-refractivity contribution in [3.8, 4) is 0 Å². The Kier molecular flexibility index (Phi) is 2.57. The molecule has 1 aliphatic carbocycles. The van der Waals surface area contributed by atoms with Crippen LogP contribution < -0.4 is 5.73 Å². The number of hydrogen-bond donors (Lipinski definition) is 1. The third-order valence-electron chi connectivity index (χ3n) is 3.08. The van der Waals surface area contributed by atoms with Crippen LogP contribution in [0.15, 0.2) is 0 Å². The van der Waals surface area contributed by atoms with Crippen LogP contribution >= 0.6 is 0 Å². The lowest BCUT2D eigenvalue weighted by Crippen LogP contribution is -2.40. The second kappa shape index (κ2) is 3.47. The molecule has 1 saturated carbocycles. The zero-order valence-electron chi connectivity index (χ0n) is 8.41. The molecule has 14 heavy (non-hydrogen) atoms. The van der Waals surface area contributed by atoms with Gasteiger partial charge in [0.25, 0.3) is 0 Å². The van der Waals surface area contributed by atoms with Crippen LogP contribution in [0.25, 0.3) is 0 Å². The summed E-state index contributed by atoms with van der Waals surface area (Å²) in [5.74, 6) is 0.657. The maximum Gasteiger partial charge on any atom is 0.151 e. The topological polar surface area (TPSA) is 63.4 Å². The van der Waals surface area contributed by atoms with Crippen molar-refractivity contribution in [2.24, 2.45) is 5.73 Å². The molecule has 2 N–H and O–H groups in total. The average molecular weight is 218 g/mol. The van der Waals surface area contributed by atoms with Crippen LogP contribution in [0.4, 0.5) is 0 Å². The molecule has 0 unspecified atom stereocenters. The molecule has 1 saturated heterocycles. The van der Waals surface area contributed by atoms with Crippen LogP contribution in [0.1, 0.15) is 19.3 Å². The molecule has 5 heteroatoms. The standard InChI is InChI=1S/C9H18N2O2S/c10-9(2-3-9)8-11-4-1-6-14(12,13)7-5-11/h1-8,10H2. The third kappa shape index (κ3) is 2.68. The molecule has 2 fully saturated rings. The summed E-state index contributed by atoms with van der Waals surface area (Å²) >= 11 is 0. The van der Waals surface area contributed by atoms with Gasteiger partial charge < -0.3 is 10.6 Å². The Morgan fingerprint density at radius 2 is 1.93 bits per heavy atom. The summed E-state index contributed by atoms with van der Waals surface area (Å²) in [7, 11) is -2.77. The van der Waals surface area contributed by atoms with E-state index in [2.05, 4.69) is 4.90 Å². The van der Waals surface area contributed by atoms with E-state index in [9.17, 15) is 8.42 Å². The van der Waals surface area contributed by atoms with Gasteiger partial charge in [-0.25, -0.2) is 8.42 Å². The molecule has 2 rings (SSSR count). The van der Waals surface area contributed by atoms with E-state index in [0.29, 0.717) is 18.1 Å². The number of hydrogen-bond acceptors (Lipinski definition) is 4. The molecule has 4 nitrogen and oxygen atoms in total. The summed E-state index contributed by atoms with van der Waals surface area (Å²) in [5.41, 5.74) is 6.01. The maximum absolute atomic E-state index is 11.3. The molecule has 0 atom stereocenters. The Bertz CT molecular complexity index is 309. The average Bonchev–Trinajstić information content (AvgIpc) is 2.80. The van der Waals surface area contributed by atoms with Gasteiger partial charge in [0.05, 0.1) is 11.5 Å².